The molecule has 0 spiro atoms. The molecular formula is C18H22O6. The van der Waals surface area contributed by atoms with Gasteiger partial charge in [0.2, 0.25) is 6.29 Å². The fourth-order valence-electron chi connectivity index (χ4n) is 3.90. The zero-order valence-electron chi connectivity index (χ0n) is 13.2. The third-order valence-electron chi connectivity index (χ3n) is 5.12. The van der Waals surface area contributed by atoms with Gasteiger partial charge in [0.05, 0.1) is 18.8 Å². The second-order valence-corrected chi connectivity index (χ2v) is 6.69. The van der Waals surface area contributed by atoms with E-state index in [1.807, 2.05) is 24.3 Å². The Morgan fingerprint density at radius 3 is 2.88 bits per heavy atom. The second kappa shape index (κ2) is 6.46. The van der Waals surface area contributed by atoms with Crippen molar-refractivity contribution in [2.45, 2.75) is 50.3 Å². The molecule has 130 valence electrons. The van der Waals surface area contributed by atoms with E-state index in [1.54, 1.807) is 12.2 Å². The summed E-state index contributed by atoms with van der Waals surface area (Å²) in [6, 6.07) is 7.57. The van der Waals surface area contributed by atoms with Crippen LogP contribution in [-0.4, -0.2) is 46.2 Å². The average Bonchev–Trinajstić information content (AvgIpc) is 3.07. The minimum Gasteiger partial charge on any atom is -0.461 e. The predicted molar refractivity (Wildman–Crippen MR) is 83.9 cm³/mol. The molecule has 1 saturated heterocycles. The SMILES string of the molecule is OC1C[C@@H]2[C@@H](C=C[C@@H](O)[C@H]3OCc4ccccc4O3)[C@H](O)C[C@@H]2O1. The number of aliphatic hydroxyl groups excluding tert-OH is 3. The summed E-state index contributed by atoms with van der Waals surface area (Å²) in [7, 11) is 0. The van der Waals surface area contributed by atoms with Gasteiger partial charge >= 0.3 is 0 Å². The summed E-state index contributed by atoms with van der Waals surface area (Å²) in [5, 5.41) is 30.1. The molecule has 0 radical (unpaired) electrons. The monoisotopic (exact) mass is 334 g/mol. The second-order valence-electron chi connectivity index (χ2n) is 6.69. The van der Waals surface area contributed by atoms with E-state index in [9.17, 15) is 15.3 Å². The molecule has 0 amide bonds. The number of ether oxygens (including phenoxy) is 3. The Labute approximate surface area is 140 Å². The zero-order chi connectivity index (χ0) is 16.7. The van der Waals surface area contributed by atoms with Crippen molar-refractivity contribution in [2.75, 3.05) is 0 Å². The zero-order valence-corrected chi connectivity index (χ0v) is 13.2. The third-order valence-corrected chi connectivity index (χ3v) is 5.12. The maximum Gasteiger partial charge on any atom is 0.230 e. The Balaban J connectivity index is 1.41. The van der Waals surface area contributed by atoms with Gasteiger partial charge in [0.15, 0.2) is 6.29 Å². The van der Waals surface area contributed by atoms with Crippen LogP contribution < -0.4 is 4.74 Å². The van der Waals surface area contributed by atoms with Crippen LogP contribution in [0.5, 0.6) is 5.75 Å². The van der Waals surface area contributed by atoms with Gasteiger partial charge in [0, 0.05) is 24.3 Å². The Morgan fingerprint density at radius 2 is 2.00 bits per heavy atom. The van der Waals surface area contributed by atoms with Gasteiger partial charge in [-0.3, -0.25) is 0 Å². The van der Waals surface area contributed by atoms with Crippen LogP contribution in [0.2, 0.25) is 0 Å². The average molecular weight is 334 g/mol. The van der Waals surface area contributed by atoms with E-state index in [4.69, 9.17) is 14.2 Å². The van der Waals surface area contributed by atoms with Crippen LogP contribution >= 0.6 is 0 Å². The fraction of sp³-hybridized carbons (Fsp3) is 0.556. The van der Waals surface area contributed by atoms with E-state index in [1.165, 1.54) is 0 Å². The van der Waals surface area contributed by atoms with Crippen LogP contribution in [-0.2, 0) is 16.1 Å². The Hall–Kier alpha value is -1.44. The number of aliphatic hydroxyl groups is 3. The summed E-state index contributed by atoms with van der Waals surface area (Å²) in [5.74, 6) is 0.652. The molecule has 2 heterocycles. The van der Waals surface area contributed by atoms with Gasteiger partial charge in [-0.15, -0.1) is 0 Å². The lowest BCUT2D eigenvalue weighted by atomic mass is 9.91. The topological polar surface area (TPSA) is 88.4 Å². The van der Waals surface area contributed by atoms with Crippen LogP contribution in [0, 0.1) is 11.8 Å². The van der Waals surface area contributed by atoms with Crippen molar-refractivity contribution in [3.8, 4) is 5.75 Å². The highest BCUT2D eigenvalue weighted by Crippen LogP contribution is 2.43. The lowest BCUT2D eigenvalue weighted by Gasteiger charge is -2.28. The first-order chi connectivity index (χ1) is 11.6. The number of rotatable bonds is 3. The molecular weight excluding hydrogens is 312 g/mol. The van der Waals surface area contributed by atoms with Gasteiger partial charge in [-0.1, -0.05) is 30.4 Å². The normalized spacial score (nSPS) is 39.5. The molecule has 24 heavy (non-hydrogen) atoms. The molecule has 7 atom stereocenters. The Bertz CT molecular complexity index is 617. The summed E-state index contributed by atoms with van der Waals surface area (Å²) < 4.78 is 16.6. The largest absolute Gasteiger partial charge is 0.461 e. The highest BCUT2D eigenvalue weighted by atomic mass is 16.7. The predicted octanol–water partition coefficient (Wildman–Crippen LogP) is 0.943. The fourth-order valence-corrected chi connectivity index (χ4v) is 3.90. The molecule has 1 aliphatic carbocycles. The standard InChI is InChI=1S/C18H22O6/c19-13(18-22-9-10-3-1-2-4-15(10)24-18)6-5-11-12-7-17(21)23-16(12)8-14(11)20/h1-6,11-14,16-21H,7-9H2/t11-,12-,13-,14-,16+,17?,18+/m1/s1. The van der Waals surface area contributed by atoms with Gasteiger partial charge in [-0.05, 0) is 12.0 Å². The molecule has 2 fully saturated rings. The highest BCUT2D eigenvalue weighted by molar-refractivity contribution is 5.33. The van der Waals surface area contributed by atoms with Crippen LogP contribution in [0.1, 0.15) is 18.4 Å². The van der Waals surface area contributed by atoms with Gasteiger partial charge < -0.3 is 29.5 Å². The number of hydrogen-bond acceptors (Lipinski definition) is 6. The summed E-state index contributed by atoms with van der Waals surface area (Å²) in [5.41, 5.74) is 0.955. The minimum atomic E-state index is -0.933. The van der Waals surface area contributed by atoms with Crippen molar-refractivity contribution in [3.63, 3.8) is 0 Å². The molecule has 1 saturated carbocycles. The molecule has 1 aromatic carbocycles. The third kappa shape index (κ3) is 2.96. The summed E-state index contributed by atoms with van der Waals surface area (Å²) in [6.07, 6.45) is 1.34. The summed E-state index contributed by atoms with van der Waals surface area (Å²) in [6.45, 7) is 0.391. The van der Waals surface area contributed by atoms with Crippen molar-refractivity contribution in [1.82, 2.24) is 0 Å². The molecule has 1 unspecified atom stereocenters. The Morgan fingerprint density at radius 1 is 1.17 bits per heavy atom. The molecule has 6 nitrogen and oxygen atoms in total. The summed E-state index contributed by atoms with van der Waals surface area (Å²) >= 11 is 0. The molecule has 0 aromatic heterocycles. The van der Waals surface area contributed by atoms with Crippen LogP contribution in [0.15, 0.2) is 36.4 Å². The Kier molecular flexibility index (Phi) is 4.32. The number of hydrogen-bond donors (Lipinski definition) is 3. The summed E-state index contributed by atoms with van der Waals surface area (Å²) in [4.78, 5) is 0. The quantitative estimate of drug-likeness (QED) is 0.713. The van der Waals surface area contributed by atoms with Crippen molar-refractivity contribution < 1.29 is 29.5 Å². The van der Waals surface area contributed by atoms with Crippen LogP contribution in [0.3, 0.4) is 0 Å². The molecule has 1 aromatic rings. The van der Waals surface area contributed by atoms with E-state index >= 15 is 0 Å². The lowest BCUT2D eigenvalue weighted by molar-refractivity contribution is -0.152. The molecule has 2 aliphatic heterocycles. The number of benzene rings is 1. The van der Waals surface area contributed by atoms with Crippen molar-refractivity contribution in [2.24, 2.45) is 11.8 Å². The van der Waals surface area contributed by atoms with E-state index in [0.29, 0.717) is 19.4 Å². The first-order valence-electron chi connectivity index (χ1n) is 8.36. The number of para-hydroxylation sites is 1. The van der Waals surface area contributed by atoms with E-state index in [-0.39, 0.29) is 17.9 Å². The van der Waals surface area contributed by atoms with E-state index in [2.05, 4.69) is 0 Å². The molecule has 3 aliphatic rings. The van der Waals surface area contributed by atoms with Gasteiger partial charge in [0.1, 0.15) is 11.9 Å². The van der Waals surface area contributed by atoms with Crippen LogP contribution in [0.4, 0.5) is 0 Å². The molecule has 4 rings (SSSR count). The number of fused-ring (bicyclic) bond motifs is 2. The maximum atomic E-state index is 10.3. The maximum absolute atomic E-state index is 10.3. The molecule has 6 heteroatoms. The van der Waals surface area contributed by atoms with Gasteiger partial charge in [-0.2, -0.15) is 0 Å². The lowest BCUT2D eigenvalue weighted by Crippen LogP contribution is -2.36. The first kappa shape index (κ1) is 16.1. The first-order valence-corrected chi connectivity index (χ1v) is 8.36. The van der Waals surface area contributed by atoms with Crippen molar-refractivity contribution in [1.29, 1.82) is 0 Å². The molecule has 0 bridgehead atoms. The molecule has 3 N–H and O–H groups in total. The van der Waals surface area contributed by atoms with Gasteiger partial charge in [-0.25, -0.2) is 0 Å². The van der Waals surface area contributed by atoms with E-state index < -0.39 is 24.8 Å². The van der Waals surface area contributed by atoms with Crippen molar-refractivity contribution >= 4 is 0 Å². The highest BCUT2D eigenvalue weighted by Gasteiger charge is 2.47. The minimum absolute atomic E-state index is 0.0763. The van der Waals surface area contributed by atoms with Crippen molar-refractivity contribution in [3.05, 3.63) is 42.0 Å². The van der Waals surface area contributed by atoms with E-state index in [0.717, 1.165) is 11.3 Å². The van der Waals surface area contributed by atoms with Crippen LogP contribution in [0.25, 0.3) is 0 Å². The smallest absolute Gasteiger partial charge is 0.230 e. The van der Waals surface area contributed by atoms with Gasteiger partial charge in [0.25, 0.3) is 0 Å².